The number of benzene rings is 1. The Morgan fingerprint density at radius 3 is 2.74 bits per heavy atom. The molecule has 6 heteroatoms. The van der Waals surface area contributed by atoms with Crippen LogP contribution in [0.3, 0.4) is 0 Å². The van der Waals surface area contributed by atoms with E-state index in [0.717, 1.165) is 6.07 Å². The highest BCUT2D eigenvalue weighted by molar-refractivity contribution is 6.15. The van der Waals surface area contributed by atoms with E-state index >= 15 is 0 Å². The van der Waals surface area contributed by atoms with Crippen LogP contribution < -0.4 is 0 Å². The van der Waals surface area contributed by atoms with Crippen LogP contribution >= 0.6 is 0 Å². The minimum Gasteiger partial charge on any atom is -0.392 e. The lowest BCUT2D eigenvalue weighted by atomic mass is 10.1. The number of aliphatic hydroxyl groups excluding tert-OH is 1. The van der Waals surface area contributed by atoms with Gasteiger partial charge in [0.2, 0.25) is 0 Å². The van der Waals surface area contributed by atoms with E-state index in [1.54, 1.807) is 18.2 Å². The second-order valence-corrected chi connectivity index (χ2v) is 5.26. The molecule has 1 aliphatic carbocycles. The fourth-order valence-corrected chi connectivity index (χ4v) is 2.63. The highest BCUT2D eigenvalue weighted by Crippen LogP contribution is 2.34. The van der Waals surface area contributed by atoms with Gasteiger partial charge in [0.15, 0.2) is 5.78 Å². The highest BCUT2D eigenvalue weighted by atomic mass is 19.4. The Balaban J connectivity index is 2.02. The third-order valence-electron chi connectivity index (χ3n) is 3.72. The predicted molar refractivity (Wildman–Crippen MR) is 77.6 cm³/mol. The number of carbonyl (C=O) groups excluding carboxylic acids is 1. The van der Waals surface area contributed by atoms with Crippen LogP contribution in [-0.2, 0) is 19.2 Å². The van der Waals surface area contributed by atoms with Crippen molar-refractivity contribution in [1.29, 1.82) is 0 Å². The fraction of sp³-hybridized carbons (Fsp3) is 0.176. The molecule has 0 saturated carbocycles. The number of aliphatic hydroxyl groups is 1. The number of halogens is 3. The number of pyridine rings is 1. The van der Waals surface area contributed by atoms with Crippen LogP contribution in [-0.4, -0.2) is 15.9 Å². The maximum Gasteiger partial charge on any atom is 0.418 e. The van der Waals surface area contributed by atoms with E-state index < -0.39 is 11.7 Å². The highest BCUT2D eigenvalue weighted by Gasteiger charge is 2.34. The quantitative estimate of drug-likeness (QED) is 0.863. The minimum absolute atomic E-state index is 0.154. The molecule has 3 rings (SSSR count). The Kier molecular flexibility index (Phi) is 3.77. The summed E-state index contributed by atoms with van der Waals surface area (Å²) in [7, 11) is 0. The van der Waals surface area contributed by atoms with Crippen molar-refractivity contribution in [3.05, 3.63) is 70.0 Å². The van der Waals surface area contributed by atoms with Crippen molar-refractivity contribution in [1.82, 2.24) is 4.98 Å². The molecule has 1 heterocycles. The first-order valence-corrected chi connectivity index (χ1v) is 6.90. The van der Waals surface area contributed by atoms with Gasteiger partial charge in [-0.1, -0.05) is 18.2 Å². The summed E-state index contributed by atoms with van der Waals surface area (Å²) in [5.41, 5.74) is 0.951. The summed E-state index contributed by atoms with van der Waals surface area (Å²) in [6, 6.07) is 7.06. The molecule has 0 bridgehead atoms. The number of aromatic nitrogens is 1. The van der Waals surface area contributed by atoms with Gasteiger partial charge in [0, 0.05) is 23.8 Å². The zero-order chi connectivity index (χ0) is 16.6. The molecular formula is C17H12F3NO2. The molecular weight excluding hydrogens is 307 g/mol. The third kappa shape index (κ3) is 2.90. The summed E-state index contributed by atoms with van der Waals surface area (Å²) in [6.07, 6.45) is -1.84. The number of Topliss-reactive ketones (excluding diaryl/α,β-unsaturated/α-hetero) is 1. The number of fused-ring (bicyclic) bond motifs is 1. The first kappa shape index (κ1) is 15.4. The molecule has 1 aromatic carbocycles. The van der Waals surface area contributed by atoms with E-state index in [1.807, 2.05) is 0 Å². The molecule has 2 aromatic rings. The first-order chi connectivity index (χ1) is 10.9. The summed E-state index contributed by atoms with van der Waals surface area (Å²) in [5.74, 6) is -0.303. The van der Waals surface area contributed by atoms with Gasteiger partial charge in [0.05, 0.1) is 17.9 Å². The zero-order valence-corrected chi connectivity index (χ0v) is 11.9. The van der Waals surface area contributed by atoms with Gasteiger partial charge >= 0.3 is 6.18 Å². The number of hydrogen-bond donors (Lipinski definition) is 1. The summed E-state index contributed by atoms with van der Waals surface area (Å²) in [5, 5.41) is 9.13. The Bertz CT molecular complexity index is 810. The van der Waals surface area contributed by atoms with Crippen molar-refractivity contribution in [2.45, 2.75) is 19.2 Å². The molecule has 0 aliphatic heterocycles. The van der Waals surface area contributed by atoms with Crippen LogP contribution in [0.15, 0.2) is 42.1 Å². The largest absolute Gasteiger partial charge is 0.418 e. The fourth-order valence-electron chi connectivity index (χ4n) is 2.63. The normalized spacial score (nSPS) is 16.0. The lowest BCUT2D eigenvalue weighted by Crippen LogP contribution is -2.09. The lowest BCUT2D eigenvalue weighted by molar-refractivity contribution is -0.138. The van der Waals surface area contributed by atoms with E-state index in [0.29, 0.717) is 16.7 Å². The average Bonchev–Trinajstić information content (AvgIpc) is 2.82. The first-order valence-electron chi connectivity index (χ1n) is 6.90. The number of carbonyl (C=O) groups is 1. The van der Waals surface area contributed by atoms with Crippen molar-refractivity contribution in [2.24, 2.45) is 0 Å². The SMILES string of the molecule is O=C1C(=Cc2ncccc2C(F)(F)F)Cc2cc(CO)ccc21. The summed E-state index contributed by atoms with van der Waals surface area (Å²) >= 11 is 0. The molecule has 1 N–H and O–H groups in total. The Hall–Kier alpha value is -2.47. The summed E-state index contributed by atoms with van der Waals surface area (Å²) in [6.45, 7) is -0.154. The summed E-state index contributed by atoms with van der Waals surface area (Å²) < 4.78 is 39.0. The maximum atomic E-state index is 13.0. The van der Waals surface area contributed by atoms with E-state index in [9.17, 15) is 18.0 Å². The Morgan fingerprint density at radius 2 is 2.04 bits per heavy atom. The number of allylic oxidation sites excluding steroid dienone is 1. The number of hydrogen-bond acceptors (Lipinski definition) is 3. The van der Waals surface area contributed by atoms with E-state index in [1.165, 1.54) is 18.3 Å². The van der Waals surface area contributed by atoms with Gasteiger partial charge in [-0.15, -0.1) is 0 Å². The van der Waals surface area contributed by atoms with Crippen molar-refractivity contribution >= 4 is 11.9 Å². The van der Waals surface area contributed by atoms with Crippen LogP contribution in [0, 0.1) is 0 Å². The summed E-state index contributed by atoms with van der Waals surface area (Å²) in [4.78, 5) is 16.1. The van der Waals surface area contributed by atoms with Crippen LogP contribution in [0.2, 0.25) is 0 Å². The van der Waals surface area contributed by atoms with Crippen molar-refractivity contribution in [2.75, 3.05) is 0 Å². The molecule has 0 amide bonds. The van der Waals surface area contributed by atoms with Gasteiger partial charge in [-0.3, -0.25) is 9.78 Å². The molecule has 1 aromatic heterocycles. The second-order valence-electron chi connectivity index (χ2n) is 5.26. The average molecular weight is 319 g/mol. The molecule has 0 saturated heterocycles. The van der Waals surface area contributed by atoms with Gasteiger partial charge in [0.25, 0.3) is 0 Å². The number of rotatable bonds is 2. The van der Waals surface area contributed by atoms with Gasteiger partial charge in [0.1, 0.15) is 0 Å². The second kappa shape index (κ2) is 5.62. The standard InChI is InChI=1S/C17H12F3NO2/c18-17(19,20)14-2-1-5-21-15(14)8-12-7-11-6-10(9-22)3-4-13(11)16(12)23/h1-6,8,22H,7,9H2. The van der Waals surface area contributed by atoms with E-state index in [-0.39, 0.29) is 30.1 Å². The maximum absolute atomic E-state index is 13.0. The topological polar surface area (TPSA) is 50.2 Å². The number of ketones is 1. The van der Waals surface area contributed by atoms with Gasteiger partial charge < -0.3 is 5.11 Å². The third-order valence-corrected chi connectivity index (χ3v) is 3.72. The molecule has 0 radical (unpaired) electrons. The van der Waals surface area contributed by atoms with Crippen molar-refractivity contribution in [3.8, 4) is 0 Å². The number of alkyl halides is 3. The van der Waals surface area contributed by atoms with Crippen molar-refractivity contribution < 1.29 is 23.1 Å². The molecule has 0 unspecified atom stereocenters. The molecule has 0 spiro atoms. The number of nitrogens with zero attached hydrogens (tertiary/aromatic N) is 1. The molecule has 3 nitrogen and oxygen atoms in total. The van der Waals surface area contributed by atoms with Gasteiger partial charge in [-0.05, 0) is 29.3 Å². The molecule has 118 valence electrons. The molecule has 23 heavy (non-hydrogen) atoms. The van der Waals surface area contributed by atoms with E-state index in [4.69, 9.17) is 5.11 Å². The van der Waals surface area contributed by atoms with E-state index in [2.05, 4.69) is 4.98 Å². The van der Waals surface area contributed by atoms with Crippen molar-refractivity contribution in [3.63, 3.8) is 0 Å². The zero-order valence-electron chi connectivity index (χ0n) is 11.9. The smallest absolute Gasteiger partial charge is 0.392 e. The minimum atomic E-state index is -4.53. The van der Waals surface area contributed by atoms with Crippen LogP contribution in [0.5, 0.6) is 0 Å². The molecule has 0 atom stereocenters. The monoisotopic (exact) mass is 319 g/mol. The Labute approximate surface area is 130 Å². The molecule has 0 fully saturated rings. The Morgan fingerprint density at radius 1 is 1.26 bits per heavy atom. The molecule has 1 aliphatic rings. The van der Waals surface area contributed by atoms with Crippen LogP contribution in [0.1, 0.15) is 32.7 Å². The van der Waals surface area contributed by atoms with Crippen LogP contribution in [0.25, 0.3) is 6.08 Å². The van der Waals surface area contributed by atoms with Crippen LogP contribution in [0.4, 0.5) is 13.2 Å². The lowest BCUT2D eigenvalue weighted by Gasteiger charge is -2.09. The predicted octanol–water partition coefficient (Wildman–Crippen LogP) is 3.42. The van der Waals surface area contributed by atoms with Gasteiger partial charge in [-0.2, -0.15) is 13.2 Å². The van der Waals surface area contributed by atoms with Gasteiger partial charge in [-0.25, -0.2) is 0 Å².